The van der Waals surface area contributed by atoms with Gasteiger partial charge in [0.25, 0.3) is 0 Å². The smallest absolute Gasteiger partial charge is 0.360 e. The summed E-state index contributed by atoms with van der Waals surface area (Å²) in [5, 5.41) is 8.38. The zero-order valence-electron chi connectivity index (χ0n) is 10.8. The van der Waals surface area contributed by atoms with Crippen LogP contribution in [0.5, 0.6) is 0 Å². The van der Waals surface area contributed by atoms with E-state index in [-0.39, 0.29) is 5.69 Å². The van der Waals surface area contributed by atoms with Crippen molar-refractivity contribution in [1.82, 2.24) is 15.0 Å². The number of hydrogen-bond donors (Lipinski definition) is 0. The minimum atomic E-state index is -0.461. The van der Waals surface area contributed by atoms with Crippen LogP contribution in [0.3, 0.4) is 0 Å². The van der Waals surface area contributed by atoms with Crippen LogP contribution in [0.4, 0.5) is 0 Å². The highest BCUT2D eigenvalue weighted by molar-refractivity contribution is 6.31. The molecule has 0 aliphatic rings. The van der Waals surface area contributed by atoms with Crippen LogP contribution in [0.25, 0.3) is 0 Å². The maximum atomic E-state index is 11.8. The van der Waals surface area contributed by atoms with Crippen LogP contribution in [0.15, 0.2) is 24.3 Å². The lowest BCUT2D eigenvalue weighted by molar-refractivity contribution is 0.0518. The maximum absolute atomic E-state index is 11.8. The number of aromatic nitrogens is 3. The first-order chi connectivity index (χ1) is 9.13. The van der Waals surface area contributed by atoms with Crippen LogP contribution < -0.4 is 0 Å². The number of esters is 1. The maximum Gasteiger partial charge on any atom is 0.360 e. The number of carbonyl (C=O) groups is 1. The van der Waals surface area contributed by atoms with Crippen molar-refractivity contribution in [1.29, 1.82) is 0 Å². The Bertz CT molecular complexity index is 595. The average molecular weight is 280 g/mol. The van der Waals surface area contributed by atoms with E-state index in [9.17, 15) is 4.79 Å². The van der Waals surface area contributed by atoms with Gasteiger partial charge in [-0.15, -0.1) is 5.10 Å². The molecule has 0 saturated carbocycles. The summed E-state index contributed by atoms with van der Waals surface area (Å²) in [4.78, 5) is 11.8. The van der Waals surface area contributed by atoms with E-state index >= 15 is 0 Å². The van der Waals surface area contributed by atoms with Gasteiger partial charge in [0.2, 0.25) is 0 Å². The lowest BCUT2D eigenvalue weighted by atomic mass is 10.1. The number of hydrogen-bond acceptors (Lipinski definition) is 4. The van der Waals surface area contributed by atoms with E-state index in [0.29, 0.717) is 23.7 Å². The van der Waals surface area contributed by atoms with Crippen LogP contribution in [0, 0.1) is 0 Å². The Morgan fingerprint density at radius 2 is 2.16 bits per heavy atom. The summed E-state index contributed by atoms with van der Waals surface area (Å²) < 4.78 is 6.53. The van der Waals surface area contributed by atoms with Gasteiger partial charge in [-0.25, -0.2) is 4.79 Å². The SMILES string of the molecule is CCOC(=O)c1nnn(C)c1Cc1ccccc1Cl. The topological polar surface area (TPSA) is 57.0 Å². The fourth-order valence-corrected chi connectivity index (χ4v) is 1.96. The summed E-state index contributed by atoms with van der Waals surface area (Å²) >= 11 is 6.12. The molecule has 1 aromatic carbocycles. The standard InChI is InChI=1S/C13H14ClN3O2/c1-3-19-13(18)12-11(17(2)16-15-12)8-9-6-4-5-7-10(9)14/h4-7H,3,8H2,1-2H3. The van der Waals surface area contributed by atoms with Gasteiger partial charge in [-0.1, -0.05) is 35.0 Å². The molecule has 1 heterocycles. The van der Waals surface area contributed by atoms with Crippen LogP contribution in [0.1, 0.15) is 28.7 Å². The number of ether oxygens (including phenoxy) is 1. The second kappa shape index (κ2) is 5.84. The van der Waals surface area contributed by atoms with Gasteiger partial charge in [0, 0.05) is 18.5 Å². The van der Waals surface area contributed by atoms with E-state index in [1.807, 2.05) is 24.3 Å². The van der Waals surface area contributed by atoms with Gasteiger partial charge in [0.1, 0.15) is 0 Å². The minimum Gasteiger partial charge on any atom is -0.461 e. The quantitative estimate of drug-likeness (QED) is 0.806. The predicted molar refractivity (Wildman–Crippen MR) is 71.2 cm³/mol. The summed E-state index contributed by atoms with van der Waals surface area (Å²) in [6.45, 7) is 2.06. The monoisotopic (exact) mass is 279 g/mol. The van der Waals surface area contributed by atoms with Crippen molar-refractivity contribution in [3.63, 3.8) is 0 Å². The molecule has 1 aromatic heterocycles. The van der Waals surface area contributed by atoms with Gasteiger partial charge in [-0.3, -0.25) is 4.68 Å². The lowest BCUT2D eigenvalue weighted by Crippen LogP contribution is -2.10. The Morgan fingerprint density at radius 3 is 2.84 bits per heavy atom. The second-order valence-electron chi connectivity index (χ2n) is 4.00. The molecule has 0 aliphatic carbocycles. The largest absolute Gasteiger partial charge is 0.461 e. The molecule has 0 aliphatic heterocycles. The average Bonchev–Trinajstić information content (AvgIpc) is 2.74. The highest BCUT2D eigenvalue weighted by Crippen LogP contribution is 2.20. The first-order valence-corrected chi connectivity index (χ1v) is 6.30. The van der Waals surface area contributed by atoms with E-state index in [0.717, 1.165) is 5.56 Å². The molecule has 0 spiro atoms. The number of carbonyl (C=O) groups excluding carboxylic acids is 1. The number of benzene rings is 1. The van der Waals surface area contributed by atoms with Gasteiger partial charge in [0.15, 0.2) is 5.69 Å². The van der Waals surface area contributed by atoms with Gasteiger partial charge in [-0.05, 0) is 18.6 Å². The Labute approximate surface area is 116 Å². The summed E-state index contributed by atoms with van der Waals surface area (Å²) in [6.07, 6.45) is 0.483. The summed E-state index contributed by atoms with van der Waals surface area (Å²) in [5.41, 5.74) is 1.84. The van der Waals surface area contributed by atoms with E-state index in [1.54, 1.807) is 18.7 Å². The number of rotatable bonds is 4. The molecule has 0 bridgehead atoms. The normalized spacial score (nSPS) is 10.5. The molecule has 100 valence electrons. The number of nitrogens with zero attached hydrogens (tertiary/aromatic N) is 3. The summed E-state index contributed by atoms with van der Waals surface area (Å²) in [5.74, 6) is -0.461. The van der Waals surface area contributed by atoms with Crippen LogP contribution in [0.2, 0.25) is 5.02 Å². The molecule has 5 nitrogen and oxygen atoms in total. The fourth-order valence-electron chi connectivity index (χ4n) is 1.76. The van der Waals surface area contributed by atoms with Crippen molar-refractivity contribution < 1.29 is 9.53 Å². The molecule has 0 N–H and O–H groups in total. The third-order valence-corrected chi connectivity index (χ3v) is 3.10. The lowest BCUT2D eigenvalue weighted by Gasteiger charge is -2.06. The Kier molecular flexibility index (Phi) is 4.16. The fraction of sp³-hybridized carbons (Fsp3) is 0.308. The van der Waals surface area contributed by atoms with Gasteiger partial charge >= 0.3 is 5.97 Å². The zero-order valence-corrected chi connectivity index (χ0v) is 11.5. The number of aryl methyl sites for hydroxylation is 1. The van der Waals surface area contributed by atoms with Crippen molar-refractivity contribution in [2.75, 3.05) is 6.61 Å². The van der Waals surface area contributed by atoms with E-state index in [4.69, 9.17) is 16.3 Å². The molecule has 2 rings (SSSR count). The van der Waals surface area contributed by atoms with Gasteiger partial charge < -0.3 is 4.74 Å². The van der Waals surface area contributed by atoms with Crippen molar-refractivity contribution in [3.8, 4) is 0 Å². The highest BCUT2D eigenvalue weighted by atomic mass is 35.5. The predicted octanol–water partition coefficient (Wildman–Crippen LogP) is 2.24. The third-order valence-electron chi connectivity index (χ3n) is 2.73. The van der Waals surface area contributed by atoms with Gasteiger partial charge in [-0.2, -0.15) is 0 Å². The van der Waals surface area contributed by atoms with Gasteiger partial charge in [0.05, 0.1) is 12.3 Å². The molecule has 0 amide bonds. The third kappa shape index (κ3) is 2.93. The molecular weight excluding hydrogens is 266 g/mol. The molecule has 0 atom stereocenters. The van der Waals surface area contributed by atoms with E-state index in [2.05, 4.69) is 10.3 Å². The molecular formula is C13H14ClN3O2. The van der Waals surface area contributed by atoms with Crippen molar-refractivity contribution >= 4 is 17.6 Å². The highest BCUT2D eigenvalue weighted by Gasteiger charge is 2.20. The van der Waals surface area contributed by atoms with Crippen molar-refractivity contribution in [3.05, 3.63) is 46.2 Å². The molecule has 19 heavy (non-hydrogen) atoms. The first-order valence-electron chi connectivity index (χ1n) is 5.92. The Balaban J connectivity index is 2.32. The van der Waals surface area contributed by atoms with Crippen molar-refractivity contribution in [2.24, 2.45) is 7.05 Å². The molecule has 0 radical (unpaired) electrons. The molecule has 0 unspecified atom stereocenters. The second-order valence-corrected chi connectivity index (χ2v) is 4.40. The van der Waals surface area contributed by atoms with E-state index in [1.165, 1.54) is 0 Å². The molecule has 2 aromatic rings. The Morgan fingerprint density at radius 1 is 1.42 bits per heavy atom. The van der Waals surface area contributed by atoms with Crippen molar-refractivity contribution in [2.45, 2.75) is 13.3 Å². The van der Waals surface area contributed by atoms with Crippen LogP contribution >= 0.6 is 11.6 Å². The summed E-state index contributed by atoms with van der Waals surface area (Å²) in [7, 11) is 1.74. The van der Waals surface area contributed by atoms with Crippen LogP contribution in [-0.4, -0.2) is 27.6 Å². The molecule has 0 fully saturated rings. The molecule has 0 saturated heterocycles. The minimum absolute atomic E-state index is 0.240. The number of halogens is 1. The molecule has 6 heteroatoms. The van der Waals surface area contributed by atoms with Crippen LogP contribution in [-0.2, 0) is 18.2 Å². The first kappa shape index (κ1) is 13.5. The Hall–Kier alpha value is -1.88. The van der Waals surface area contributed by atoms with E-state index < -0.39 is 5.97 Å². The zero-order chi connectivity index (χ0) is 13.8. The summed E-state index contributed by atoms with van der Waals surface area (Å²) in [6, 6.07) is 7.48.